The molecule has 6 heteroatoms. The van der Waals surface area contributed by atoms with E-state index >= 15 is 0 Å². The van der Waals surface area contributed by atoms with E-state index in [1.165, 1.54) is 32.4 Å². The van der Waals surface area contributed by atoms with Gasteiger partial charge >= 0.3 is 0 Å². The first kappa shape index (κ1) is 17.5. The Kier molecular flexibility index (Phi) is 4.47. The van der Waals surface area contributed by atoms with E-state index in [1.54, 1.807) is 4.52 Å². The van der Waals surface area contributed by atoms with Crippen molar-refractivity contribution >= 4 is 11.6 Å². The highest BCUT2D eigenvalue weighted by Crippen LogP contribution is 2.41. The van der Waals surface area contributed by atoms with Gasteiger partial charge in [0.25, 0.3) is 5.91 Å². The summed E-state index contributed by atoms with van der Waals surface area (Å²) in [4.78, 5) is 22.0. The highest BCUT2D eigenvalue weighted by atomic mass is 16.2. The number of hydrogen-bond donors (Lipinski definition) is 0. The van der Waals surface area contributed by atoms with Crippen molar-refractivity contribution in [3.05, 3.63) is 29.2 Å². The van der Waals surface area contributed by atoms with Crippen molar-refractivity contribution in [2.75, 3.05) is 33.2 Å². The van der Waals surface area contributed by atoms with Gasteiger partial charge in [0.2, 0.25) is 0 Å². The van der Waals surface area contributed by atoms with E-state index in [2.05, 4.69) is 22.0 Å². The Morgan fingerprint density at radius 2 is 1.77 bits per heavy atom. The summed E-state index contributed by atoms with van der Waals surface area (Å²) in [5.41, 5.74) is 3.62. The van der Waals surface area contributed by atoms with Gasteiger partial charge in [-0.05, 0) is 77.6 Å². The van der Waals surface area contributed by atoms with E-state index in [-0.39, 0.29) is 5.91 Å². The smallest absolute Gasteiger partial charge is 0.272 e. The predicted molar refractivity (Wildman–Crippen MR) is 101 cm³/mol. The lowest BCUT2D eigenvalue weighted by Gasteiger charge is -2.41. The molecule has 0 saturated carbocycles. The average molecular weight is 355 g/mol. The molecule has 4 heterocycles. The van der Waals surface area contributed by atoms with Crippen LogP contribution in [0.2, 0.25) is 0 Å². The van der Waals surface area contributed by atoms with Gasteiger partial charge in [-0.2, -0.15) is 5.10 Å². The second kappa shape index (κ2) is 6.65. The fraction of sp³-hybridized carbons (Fsp3) is 0.650. The molecule has 6 nitrogen and oxygen atoms in total. The Hall–Kier alpha value is -1.95. The normalized spacial score (nSPS) is 21.3. The van der Waals surface area contributed by atoms with Gasteiger partial charge in [-0.1, -0.05) is 0 Å². The third-order valence-corrected chi connectivity index (χ3v) is 6.33. The Morgan fingerprint density at radius 3 is 2.54 bits per heavy atom. The zero-order chi connectivity index (χ0) is 18.3. The molecule has 140 valence electrons. The molecule has 0 unspecified atom stereocenters. The number of nitrogens with zero attached hydrogens (tertiary/aromatic N) is 5. The second-order valence-electron chi connectivity index (χ2n) is 8.29. The summed E-state index contributed by atoms with van der Waals surface area (Å²) in [7, 11) is 2.22. The molecule has 2 saturated heterocycles. The molecule has 1 amide bonds. The van der Waals surface area contributed by atoms with Crippen LogP contribution in [0.25, 0.3) is 5.65 Å². The summed E-state index contributed by atoms with van der Waals surface area (Å²) in [6, 6.07) is 3.80. The van der Waals surface area contributed by atoms with Gasteiger partial charge in [0.05, 0.1) is 5.69 Å². The number of likely N-dealkylation sites (tertiary alicyclic amines) is 2. The lowest BCUT2D eigenvalue weighted by molar-refractivity contribution is 0.0537. The van der Waals surface area contributed by atoms with Crippen molar-refractivity contribution in [3.8, 4) is 0 Å². The molecule has 2 aromatic heterocycles. The van der Waals surface area contributed by atoms with Crippen molar-refractivity contribution in [2.24, 2.45) is 5.41 Å². The van der Waals surface area contributed by atoms with Crippen LogP contribution in [0.3, 0.4) is 0 Å². The van der Waals surface area contributed by atoms with Crippen molar-refractivity contribution in [1.29, 1.82) is 0 Å². The number of aromatic nitrogens is 3. The van der Waals surface area contributed by atoms with Crippen LogP contribution in [0.5, 0.6) is 0 Å². The fourth-order valence-corrected chi connectivity index (χ4v) is 4.58. The van der Waals surface area contributed by atoms with E-state index < -0.39 is 0 Å². The average Bonchev–Trinajstić information content (AvgIpc) is 2.92. The number of hydrogen-bond acceptors (Lipinski definition) is 4. The largest absolute Gasteiger partial charge is 0.337 e. The van der Waals surface area contributed by atoms with Crippen LogP contribution in [0.15, 0.2) is 12.1 Å². The molecular weight excluding hydrogens is 326 g/mol. The quantitative estimate of drug-likeness (QED) is 0.789. The topological polar surface area (TPSA) is 53.7 Å². The number of carbonyl (C=O) groups is 1. The zero-order valence-electron chi connectivity index (χ0n) is 16.2. The molecule has 2 fully saturated rings. The minimum absolute atomic E-state index is 0.0649. The van der Waals surface area contributed by atoms with Gasteiger partial charge in [-0.15, -0.1) is 0 Å². The Labute approximate surface area is 155 Å². The molecule has 0 aromatic carbocycles. The summed E-state index contributed by atoms with van der Waals surface area (Å²) >= 11 is 0. The number of carbonyl (C=O) groups excluding carboxylic acids is 1. The van der Waals surface area contributed by atoms with Gasteiger partial charge in [0, 0.05) is 24.8 Å². The van der Waals surface area contributed by atoms with Crippen LogP contribution in [-0.2, 0) is 0 Å². The number of amides is 1. The molecule has 0 N–H and O–H groups in total. The first-order chi connectivity index (χ1) is 12.5. The van der Waals surface area contributed by atoms with Crippen molar-refractivity contribution < 1.29 is 4.79 Å². The van der Waals surface area contributed by atoms with E-state index in [9.17, 15) is 4.79 Å². The fourth-order valence-electron chi connectivity index (χ4n) is 4.58. The molecule has 4 rings (SSSR count). The number of aryl methyl sites for hydroxylation is 2. The first-order valence-electron chi connectivity index (χ1n) is 9.78. The Bertz CT molecular complexity index is 819. The molecule has 0 atom stereocenters. The monoisotopic (exact) mass is 355 g/mol. The van der Waals surface area contributed by atoms with E-state index in [0.29, 0.717) is 11.1 Å². The first-order valence-corrected chi connectivity index (χ1v) is 9.78. The van der Waals surface area contributed by atoms with Crippen LogP contribution in [0, 0.1) is 19.3 Å². The molecule has 26 heavy (non-hydrogen) atoms. The Morgan fingerprint density at radius 1 is 1.04 bits per heavy atom. The number of piperidine rings is 1. The second-order valence-corrected chi connectivity index (χ2v) is 8.29. The molecule has 0 aliphatic carbocycles. The molecule has 0 radical (unpaired) electrons. The number of fused-ring (bicyclic) bond motifs is 1. The maximum Gasteiger partial charge on any atom is 0.272 e. The van der Waals surface area contributed by atoms with E-state index in [4.69, 9.17) is 0 Å². The molecule has 0 bridgehead atoms. The highest BCUT2D eigenvalue weighted by molar-refractivity contribution is 5.93. The maximum absolute atomic E-state index is 13.0. The number of rotatable bonds is 1. The summed E-state index contributed by atoms with van der Waals surface area (Å²) < 4.78 is 1.80. The summed E-state index contributed by atoms with van der Waals surface area (Å²) in [5, 5.41) is 4.42. The van der Waals surface area contributed by atoms with Gasteiger partial charge in [0.15, 0.2) is 5.65 Å². The lowest BCUT2D eigenvalue weighted by atomic mass is 9.73. The van der Waals surface area contributed by atoms with Crippen LogP contribution >= 0.6 is 0 Å². The summed E-state index contributed by atoms with van der Waals surface area (Å²) in [6.07, 6.45) is 6.10. The molecule has 1 spiro atoms. The van der Waals surface area contributed by atoms with Crippen LogP contribution in [0.4, 0.5) is 0 Å². The molecular formula is C20H29N5O. The predicted octanol–water partition coefficient (Wildman–Crippen LogP) is 2.68. The molecule has 2 aromatic rings. The third-order valence-electron chi connectivity index (χ3n) is 6.33. The van der Waals surface area contributed by atoms with Crippen molar-refractivity contribution in [2.45, 2.75) is 46.0 Å². The van der Waals surface area contributed by atoms with Crippen LogP contribution in [0.1, 0.15) is 54.0 Å². The zero-order valence-corrected chi connectivity index (χ0v) is 16.2. The SMILES string of the molecule is Cc1cc2nc(C(=O)N3CCC4(CCCN(C)CC4)CC3)cc(C)n2n1. The van der Waals surface area contributed by atoms with Gasteiger partial charge < -0.3 is 9.80 Å². The molecule has 2 aliphatic rings. The van der Waals surface area contributed by atoms with Gasteiger partial charge in [0.1, 0.15) is 5.69 Å². The van der Waals surface area contributed by atoms with Crippen molar-refractivity contribution in [3.63, 3.8) is 0 Å². The van der Waals surface area contributed by atoms with E-state index in [0.717, 1.165) is 43.0 Å². The Balaban J connectivity index is 1.48. The summed E-state index contributed by atoms with van der Waals surface area (Å²) in [6.45, 7) is 8.03. The van der Waals surface area contributed by atoms with Crippen LogP contribution in [-0.4, -0.2) is 63.5 Å². The standard InChI is InChI=1S/C20H29N5O/c1-15-13-18-21-17(14-16(2)25(18)22-15)19(26)24-11-7-20(8-12-24)5-4-9-23(3)10-6-20/h13-14H,4-12H2,1-3H3. The van der Waals surface area contributed by atoms with Crippen LogP contribution < -0.4 is 0 Å². The lowest BCUT2D eigenvalue weighted by Crippen LogP contribution is -2.43. The maximum atomic E-state index is 13.0. The minimum atomic E-state index is 0.0649. The van der Waals surface area contributed by atoms with Gasteiger partial charge in [-0.25, -0.2) is 9.50 Å². The van der Waals surface area contributed by atoms with E-state index in [1.807, 2.05) is 30.9 Å². The molecule has 2 aliphatic heterocycles. The minimum Gasteiger partial charge on any atom is -0.337 e. The van der Waals surface area contributed by atoms with Gasteiger partial charge in [-0.3, -0.25) is 4.79 Å². The summed E-state index contributed by atoms with van der Waals surface area (Å²) in [5.74, 6) is 0.0649. The third kappa shape index (κ3) is 3.22. The van der Waals surface area contributed by atoms with Crippen molar-refractivity contribution in [1.82, 2.24) is 24.4 Å². The highest BCUT2D eigenvalue weighted by Gasteiger charge is 2.37.